The van der Waals surface area contributed by atoms with Crippen LogP contribution in [0.4, 0.5) is 0 Å². The van der Waals surface area contributed by atoms with Gasteiger partial charge in [-0.1, -0.05) is 23.7 Å². The van der Waals surface area contributed by atoms with Gasteiger partial charge in [-0.25, -0.2) is 4.79 Å². The number of para-hydroxylation sites is 1. The van der Waals surface area contributed by atoms with E-state index in [-0.39, 0.29) is 5.56 Å². The van der Waals surface area contributed by atoms with Crippen LogP contribution in [0.25, 0.3) is 22.2 Å². The van der Waals surface area contributed by atoms with Crippen molar-refractivity contribution in [1.29, 1.82) is 0 Å². The van der Waals surface area contributed by atoms with Crippen molar-refractivity contribution in [3.05, 3.63) is 41.2 Å². The van der Waals surface area contributed by atoms with Crippen molar-refractivity contribution in [3.8, 4) is 11.3 Å². The molecule has 2 heterocycles. The second kappa shape index (κ2) is 4.13. The molecule has 0 atom stereocenters. The lowest BCUT2D eigenvalue weighted by Crippen LogP contribution is -2.00. The first-order valence-electron chi connectivity index (χ1n) is 5.61. The number of benzene rings is 1. The summed E-state index contributed by atoms with van der Waals surface area (Å²) in [6.45, 7) is 0. The molecule has 3 rings (SSSR count). The number of nitrogens with one attached hydrogen (secondary N) is 1. The summed E-state index contributed by atoms with van der Waals surface area (Å²) >= 11 is 6.10. The predicted molar refractivity (Wildman–Crippen MR) is 72.5 cm³/mol. The molecule has 0 fully saturated rings. The van der Waals surface area contributed by atoms with Crippen LogP contribution in [0.1, 0.15) is 10.4 Å². The zero-order valence-electron chi connectivity index (χ0n) is 10.0. The highest BCUT2D eigenvalue weighted by atomic mass is 35.5. The molecular formula is C13H10ClN3O2. The van der Waals surface area contributed by atoms with Crippen molar-refractivity contribution < 1.29 is 9.90 Å². The van der Waals surface area contributed by atoms with Crippen LogP contribution in [0, 0.1) is 0 Å². The monoisotopic (exact) mass is 275 g/mol. The van der Waals surface area contributed by atoms with E-state index >= 15 is 0 Å². The van der Waals surface area contributed by atoms with E-state index in [1.807, 2.05) is 12.1 Å². The van der Waals surface area contributed by atoms with Crippen LogP contribution in [-0.2, 0) is 7.05 Å². The van der Waals surface area contributed by atoms with Gasteiger partial charge in [0.25, 0.3) is 0 Å². The van der Waals surface area contributed by atoms with Crippen LogP contribution in [0.5, 0.6) is 0 Å². The fourth-order valence-electron chi connectivity index (χ4n) is 2.23. The van der Waals surface area contributed by atoms with Crippen LogP contribution in [0.2, 0.25) is 5.02 Å². The lowest BCUT2D eigenvalue weighted by Gasteiger charge is -2.02. The van der Waals surface area contributed by atoms with Gasteiger partial charge in [0.15, 0.2) is 0 Å². The van der Waals surface area contributed by atoms with Crippen molar-refractivity contribution in [2.24, 2.45) is 7.05 Å². The summed E-state index contributed by atoms with van der Waals surface area (Å²) in [5, 5.41) is 14.7. The van der Waals surface area contributed by atoms with Gasteiger partial charge in [-0.2, -0.15) is 5.10 Å². The van der Waals surface area contributed by atoms with Crippen molar-refractivity contribution in [3.63, 3.8) is 0 Å². The van der Waals surface area contributed by atoms with Crippen molar-refractivity contribution >= 4 is 28.5 Å². The predicted octanol–water partition coefficient (Wildman–Crippen LogP) is 2.92. The average molecular weight is 276 g/mol. The molecule has 0 aliphatic carbocycles. The standard InChI is InChI=1S/C13H10ClN3O2/c1-17-12(9(6-16-17)13(18)19)8-5-15-11-7(8)3-2-4-10(11)14/h2-6,15H,1H3,(H,18,19). The highest BCUT2D eigenvalue weighted by Crippen LogP contribution is 2.33. The summed E-state index contributed by atoms with van der Waals surface area (Å²) in [7, 11) is 1.71. The number of hydrogen-bond acceptors (Lipinski definition) is 2. The Bertz CT molecular complexity index is 788. The third-order valence-corrected chi connectivity index (χ3v) is 3.40. The number of rotatable bonds is 2. The number of H-pyrrole nitrogens is 1. The van der Waals surface area contributed by atoms with Crippen molar-refractivity contribution in [2.75, 3.05) is 0 Å². The minimum atomic E-state index is -1.00. The molecule has 0 spiro atoms. The first-order chi connectivity index (χ1) is 9.09. The SMILES string of the molecule is Cn1ncc(C(=O)O)c1-c1c[nH]c2c(Cl)cccc12. The van der Waals surface area contributed by atoms with Crippen LogP contribution < -0.4 is 0 Å². The van der Waals surface area contributed by atoms with Gasteiger partial charge < -0.3 is 10.1 Å². The maximum atomic E-state index is 11.2. The molecule has 0 aliphatic heterocycles. The molecule has 0 bridgehead atoms. The van der Waals surface area contributed by atoms with E-state index in [1.54, 1.807) is 24.0 Å². The number of fused-ring (bicyclic) bond motifs is 1. The molecule has 2 N–H and O–H groups in total. The number of halogens is 1. The number of nitrogens with zero attached hydrogens (tertiary/aromatic N) is 2. The van der Waals surface area contributed by atoms with Gasteiger partial charge in [0, 0.05) is 24.2 Å². The lowest BCUT2D eigenvalue weighted by atomic mass is 10.1. The Balaban J connectivity index is 2.34. The van der Waals surface area contributed by atoms with E-state index in [2.05, 4.69) is 10.1 Å². The zero-order valence-corrected chi connectivity index (χ0v) is 10.8. The number of aryl methyl sites for hydroxylation is 1. The lowest BCUT2D eigenvalue weighted by molar-refractivity contribution is 0.0697. The molecule has 0 radical (unpaired) electrons. The van der Waals surface area contributed by atoms with Crippen LogP contribution in [0.15, 0.2) is 30.6 Å². The van der Waals surface area contributed by atoms with Crippen LogP contribution >= 0.6 is 11.6 Å². The number of carboxylic acid groups (broad SMARTS) is 1. The number of aromatic amines is 1. The number of carbonyl (C=O) groups is 1. The molecule has 0 saturated carbocycles. The third kappa shape index (κ3) is 1.70. The topological polar surface area (TPSA) is 70.9 Å². The zero-order chi connectivity index (χ0) is 13.6. The molecular weight excluding hydrogens is 266 g/mol. The van der Waals surface area contributed by atoms with Gasteiger partial charge >= 0.3 is 5.97 Å². The Morgan fingerprint density at radius 1 is 1.47 bits per heavy atom. The molecule has 2 aromatic heterocycles. The second-order valence-electron chi connectivity index (χ2n) is 4.20. The van der Waals surface area contributed by atoms with Gasteiger partial charge in [0.1, 0.15) is 5.56 Å². The Hall–Kier alpha value is -2.27. The number of aromatic nitrogens is 3. The summed E-state index contributed by atoms with van der Waals surface area (Å²) in [6, 6.07) is 5.51. The minimum Gasteiger partial charge on any atom is -0.478 e. The van der Waals surface area contributed by atoms with Crippen molar-refractivity contribution in [1.82, 2.24) is 14.8 Å². The van der Waals surface area contributed by atoms with E-state index in [0.29, 0.717) is 10.7 Å². The molecule has 19 heavy (non-hydrogen) atoms. The van der Waals surface area contributed by atoms with Gasteiger partial charge in [0.2, 0.25) is 0 Å². The van der Waals surface area contributed by atoms with Gasteiger partial charge in [-0.15, -0.1) is 0 Å². The fourth-order valence-corrected chi connectivity index (χ4v) is 2.46. The Kier molecular flexibility index (Phi) is 2.57. The highest BCUT2D eigenvalue weighted by Gasteiger charge is 2.19. The average Bonchev–Trinajstić information content (AvgIpc) is 2.93. The minimum absolute atomic E-state index is 0.170. The highest BCUT2D eigenvalue weighted by molar-refractivity contribution is 6.35. The summed E-state index contributed by atoms with van der Waals surface area (Å²) in [5.74, 6) is -1.00. The first kappa shape index (κ1) is 11.8. The van der Waals surface area contributed by atoms with E-state index < -0.39 is 5.97 Å². The molecule has 96 valence electrons. The van der Waals surface area contributed by atoms with Crippen LogP contribution in [0.3, 0.4) is 0 Å². The summed E-state index contributed by atoms with van der Waals surface area (Å²) < 4.78 is 1.55. The summed E-state index contributed by atoms with van der Waals surface area (Å²) in [6.07, 6.45) is 3.10. The first-order valence-corrected chi connectivity index (χ1v) is 5.98. The Labute approximate surface area is 113 Å². The molecule has 0 aliphatic rings. The van der Waals surface area contributed by atoms with Crippen LogP contribution in [-0.4, -0.2) is 25.8 Å². The van der Waals surface area contributed by atoms with Gasteiger partial charge in [0.05, 0.1) is 22.4 Å². The maximum Gasteiger partial charge on any atom is 0.339 e. The normalized spacial score (nSPS) is 11.1. The molecule has 0 saturated heterocycles. The van der Waals surface area contributed by atoms with Gasteiger partial charge in [-0.3, -0.25) is 4.68 Å². The molecule has 1 aromatic carbocycles. The van der Waals surface area contributed by atoms with E-state index in [1.165, 1.54) is 6.20 Å². The van der Waals surface area contributed by atoms with E-state index in [9.17, 15) is 9.90 Å². The number of aromatic carboxylic acids is 1. The quantitative estimate of drug-likeness (QED) is 0.755. The van der Waals surface area contributed by atoms with Crippen molar-refractivity contribution in [2.45, 2.75) is 0 Å². The van der Waals surface area contributed by atoms with Gasteiger partial charge in [-0.05, 0) is 6.07 Å². The van der Waals surface area contributed by atoms with E-state index in [0.717, 1.165) is 16.5 Å². The fraction of sp³-hybridized carbons (Fsp3) is 0.0769. The largest absolute Gasteiger partial charge is 0.478 e. The number of carboxylic acids is 1. The Morgan fingerprint density at radius 3 is 3.00 bits per heavy atom. The summed E-state index contributed by atoms with van der Waals surface area (Å²) in [4.78, 5) is 14.3. The Morgan fingerprint density at radius 2 is 2.26 bits per heavy atom. The molecule has 0 unspecified atom stereocenters. The maximum absolute atomic E-state index is 11.2. The molecule has 3 aromatic rings. The summed E-state index contributed by atoms with van der Waals surface area (Å²) in [5.41, 5.74) is 2.29. The molecule has 5 nitrogen and oxygen atoms in total. The second-order valence-corrected chi connectivity index (χ2v) is 4.61. The van der Waals surface area contributed by atoms with E-state index in [4.69, 9.17) is 11.6 Å². The third-order valence-electron chi connectivity index (χ3n) is 3.09. The number of hydrogen-bond donors (Lipinski definition) is 2. The molecule has 6 heteroatoms. The smallest absolute Gasteiger partial charge is 0.339 e. The molecule has 0 amide bonds.